The van der Waals surface area contributed by atoms with Gasteiger partial charge in [-0.2, -0.15) is 13.2 Å². The first kappa shape index (κ1) is 11.5. The summed E-state index contributed by atoms with van der Waals surface area (Å²) in [4.78, 5) is 0.963. The van der Waals surface area contributed by atoms with Crippen molar-refractivity contribution in [3.63, 3.8) is 0 Å². The second kappa shape index (κ2) is 4.79. The fourth-order valence-corrected chi connectivity index (χ4v) is 2.10. The maximum absolute atomic E-state index is 12.1. The molecule has 0 aliphatic heterocycles. The fraction of sp³-hybridized carbons (Fsp3) is 0.556. The van der Waals surface area contributed by atoms with Gasteiger partial charge in [-0.15, -0.1) is 11.3 Å². The van der Waals surface area contributed by atoms with E-state index in [0.717, 1.165) is 4.88 Å². The third-order valence-electron chi connectivity index (χ3n) is 1.92. The number of hydrogen-bond acceptors (Lipinski definition) is 2. The molecule has 0 saturated carbocycles. The largest absolute Gasteiger partial charge is 0.389 e. The van der Waals surface area contributed by atoms with Gasteiger partial charge in [-0.05, 0) is 30.3 Å². The molecule has 0 aromatic carbocycles. The molecule has 1 rings (SSSR count). The summed E-state index contributed by atoms with van der Waals surface area (Å²) < 4.78 is 36.2. The monoisotopic (exact) mass is 223 g/mol. The molecule has 1 aromatic heterocycles. The Kier molecular flexibility index (Phi) is 3.95. The third-order valence-corrected chi connectivity index (χ3v) is 2.82. The fourth-order valence-electron chi connectivity index (χ4n) is 1.28. The van der Waals surface area contributed by atoms with E-state index in [1.165, 1.54) is 11.3 Å². The van der Waals surface area contributed by atoms with Gasteiger partial charge in [0, 0.05) is 11.3 Å². The predicted octanol–water partition coefficient (Wildman–Crippen LogP) is 2.82. The lowest BCUT2D eigenvalue weighted by Crippen LogP contribution is -2.23. The number of halogens is 3. The molecular weight excluding hydrogens is 211 g/mol. The summed E-state index contributed by atoms with van der Waals surface area (Å²) >= 11 is 1.47. The normalized spacial score (nSPS) is 14.3. The highest BCUT2D eigenvalue weighted by Crippen LogP contribution is 2.27. The highest BCUT2D eigenvalue weighted by Gasteiger charge is 2.31. The second-order valence-electron chi connectivity index (χ2n) is 3.20. The van der Waals surface area contributed by atoms with Crippen molar-refractivity contribution in [2.75, 3.05) is 6.54 Å². The predicted molar refractivity (Wildman–Crippen MR) is 51.2 cm³/mol. The molecule has 80 valence electrons. The van der Waals surface area contributed by atoms with Crippen molar-refractivity contribution >= 4 is 11.3 Å². The molecule has 0 aliphatic rings. The SMILES string of the molecule is NC[C@@H](Cc1cccs1)CC(F)(F)F. The summed E-state index contributed by atoms with van der Waals surface area (Å²) in [5.74, 6) is -0.492. The summed E-state index contributed by atoms with van der Waals surface area (Å²) in [6, 6.07) is 3.67. The molecule has 0 saturated heterocycles. The van der Waals surface area contributed by atoms with Crippen LogP contribution in [0.5, 0.6) is 0 Å². The van der Waals surface area contributed by atoms with E-state index in [-0.39, 0.29) is 6.54 Å². The summed E-state index contributed by atoms with van der Waals surface area (Å²) in [7, 11) is 0. The van der Waals surface area contributed by atoms with E-state index in [1.54, 1.807) is 0 Å². The number of hydrogen-bond donors (Lipinski definition) is 1. The quantitative estimate of drug-likeness (QED) is 0.834. The number of thiophene rings is 1. The highest BCUT2D eigenvalue weighted by atomic mass is 32.1. The van der Waals surface area contributed by atoms with Crippen LogP contribution in [-0.4, -0.2) is 12.7 Å². The van der Waals surface area contributed by atoms with Gasteiger partial charge in [0.2, 0.25) is 0 Å². The molecule has 2 N–H and O–H groups in total. The Hall–Kier alpha value is -0.550. The molecule has 0 aliphatic carbocycles. The van der Waals surface area contributed by atoms with Gasteiger partial charge in [-0.3, -0.25) is 0 Å². The Balaban J connectivity index is 2.47. The maximum Gasteiger partial charge on any atom is 0.389 e. The van der Waals surface area contributed by atoms with Crippen LogP contribution in [-0.2, 0) is 6.42 Å². The number of rotatable bonds is 4. The first-order chi connectivity index (χ1) is 6.51. The topological polar surface area (TPSA) is 26.0 Å². The summed E-state index contributed by atoms with van der Waals surface area (Å²) in [5, 5.41) is 1.86. The van der Waals surface area contributed by atoms with Crippen molar-refractivity contribution in [3.8, 4) is 0 Å². The van der Waals surface area contributed by atoms with E-state index >= 15 is 0 Å². The van der Waals surface area contributed by atoms with E-state index in [1.807, 2.05) is 17.5 Å². The average molecular weight is 223 g/mol. The molecule has 0 amide bonds. The summed E-state index contributed by atoms with van der Waals surface area (Å²) in [6.07, 6.45) is -4.48. The third kappa shape index (κ3) is 4.11. The number of alkyl halides is 3. The van der Waals surface area contributed by atoms with Gasteiger partial charge in [0.25, 0.3) is 0 Å². The zero-order valence-electron chi connectivity index (χ0n) is 7.55. The van der Waals surface area contributed by atoms with Crippen molar-refractivity contribution in [2.24, 2.45) is 11.7 Å². The first-order valence-corrected chi connectivity index (χ1v) is 5.18. The minimum atomic E-state index is -4.11. The molecule has 5 heteroatoms. The Morgan fingerprint density at radius 2 is 2.14 bits per heavy atom. The summed E-state index contributed by atoms with van der Waals surface area (Å²) in [5.41, 5.74) is 5.30. The zero-order valence-corrected chi connectivity index (χ0v) is 8.37. The zero-order chi connectivity index (χ0) is 10.6. The molecule has 14 heavy (non-hydrogen) atoms. The molecule has 0 fully saturated rings. The van der Waals surface area contributed by atoms with Gasteiger partial charge in [0.15, 0.2) is 0 Å². The van der Waals surface area contributed by atoms with Crippen LogP contribution in [0.3, 0.4) is 0 Å². The van der Waals surface area contributed by atoms with Crippen LogP contribution in [0.4, 0.5) is 13.2 Å². The molecule has 1 heterocycles. The number of nitrogens with two attached hydrogens (primary N) is 1. The van der Waals surface area contributed by atoms with Gasteiger partial charge in [-0.25, -0.2) is 0 Å². The van der Waals surface area contributed by atoms with Gasteiger partial charge < -0.3 is 5.73 Å². The lowest BCUT2D eigenvalue weighted by atomic mass is 10.0. The van der Waals surface area contributed by atoms with E-state index in [9.17, 15) is 13.2 Å². The van der Waals surface area contributed by atoms with Crippen LogP contribution in [0.1, 0.15) is 11.3 Å². The Bertz CT molecular complexity index is 256. The van der Waals surface area contributed by atoms with Crippen molar-refractivity contribution < 1.29 is 13.2 Å². The molecule has 1 atom stereocenters. The molecule has 0 bridgehead atoms. The van der Waals surface area contributed by atoms with Crippen LogP contribution >= 0.6 is 11.3 Å². The van der Waals surface area contributed by atoms with Crippen LogP contribution in [0.2, 0.25) is 0 Å². The minimum Gasteiger partial charge on any atom is -0.330 e. The van der Waals surface area contributed by atoms with E-state index < -0.39 is 18.5 Å². The Morgan fingerprint density at radius 3 is 2.57 bits per heavy atom. The van der Waals surface area contributed by atoms with E-state index in [2.05, 4.69) is 0 Å². The van der Waals surface area contributed by atoms with Crippen LogP contribution < -0.4 is 5.73 Å². The minimum absolute atomic E-state index is 0.0808. The molecule has 1 nitrogen and oxygen atoms in total. The molecule has 1 aromatic rings. The van der Waals surface area contributed by atoms with Crippen molar-refractivity contribution in [1.82, 2.24) is 0 Å². The van der Waals surface area contributed by atoms with Gasteiger partial charge >= 0.3 is 6.18 Å². The van der Waals surface area contributed by atoms with Crippen molar-refractivity contribution in [1.29, 1.82) is 0 Å². The van der Waals surface area contributed by atoms with E-state index in [0.29, 0.717) is 6.42 Å². The smallest absolute Gasteiger partial charge is 0.330 e. The van der Waals surface area contributed by atoms with Crippen molar-refractivity contribution in [3.05, 3.63) is 22.4 Å². The van der Waals surface area contributed by atoms with Crippen LogP contribution in [0.15, 0.2) is 17.5 Å². The maximum atomic E-state index is 12.1. The highest BCUT2D eigenvalue weighted by molar-refractivity contribution is 7.09. The van der Waals surface area contributed by atoms with Crippen LogP contribution in [0.25, 0.3) is 0 Å². The van der Waals surface area contributed by atoms with E-state index in [4.69, 9.17) is 5.73 Å². The van der Waals surface area contributed by atoms with Gasteiger partial charge in [0.1, 0.15) is 0 Å². The van der Waals surface area contributed by atoms with Crippen LogP contribution in [0, 0.1) is 5.92 Å². The standard InChI is InChI=1S/C9H12F3NS/c10-9(11,12)5-7(6-13)4-8-2-1-3-14-8/h1-3,7H,4-6,13H2/t7-/m0/s1. The Morgan fingerprint density at radius 1 is 1.43 bits per heavy atom. The summed E-state index contributed by atoms with van der Waals surface area (Å²) in [6.45, 7) is 0.0808. The Labute approximate surface area is 84.7 Å². The lowest BCUT2D eigenvalue weighted by Gasteiger charge is -2.15. The molecule has 0 radical (unpaired) electrons. The molecule has 0 unspecified atom stereocenters. The van der Waals surface area contributed by atoms with Crippen molar-refractivity contribution in [2.45, 2.75) is 19.0 Å². The molecule has 0 spiro atoms. The lowest BCUT2D eigenvalue weighted by molar-refractivity contribution is -0.143. The molecular formula is C9H12F3NS. The van der Waals surface area contributed by atoms with Gasteiger partial charge in [-0.1, -0.05) is 6.07 Å². The first-order valence-electron chi connectivity index (χ1n) is 4.30. The van der Waals surface area contributed by atoms with Gasteiger partial charge in [0.05, 0.1) is 0 Å². The average Bonchev–Trinajstić information content (AvgIpc) is 2.53. The second-order valence-corrected chi connectivity index (χ2v) is 4.24.